The Morgan fingerprint density at radius 3 is 2.74 bits per heavy atom. The molecule has 102 valence electrons. The van der Waals surface area contributed by atoms with Crippen LogP contribution < -0.4 is 5.73 Å². The van der Waals surface area contributed by atoms with E-state index >= 15 is 0 Å². The van der Waals surface area contributed by atoms with Crippen LogP contribution in [0.15, 0.2) is 18.3 Å². The second-order valence-electron chi connectivity index (χ2n) is 4.90. The van der Waals surface area contributed by atoms with Crippen molar-refractivity contribution in [3.63, 3.8) is 0 Å². The normalized spacial score (nSPS) is 19.8. The Labute approximate surface area is 116 Å². The van der Waals surface area contributed by atoms with Crippen LogP contribution >= 0.6 is 11.6 Å². The molecule has 0 aromatic carbocycles. The number of pyridine rings is 1. The van der Waals surface area contributed by atoms with Gasteiger partial charge in [-0.05, 0) is 25.0 Å². The molecule has 2 aromatic heterocycles. The van der Waals surface area contributed by atoms with E-state index in [1.807, 2.05) is 10.6 Å². The van der Waals surface area contributed by atoms with Crippen LogP contribution in [0.2, 0.25) is 5.15 Å². The molecule has 0 radical (unpaired) electrons. The number of halogens is 1. The summed E-state index contributed by atoms with van der Waals surface area (Å²) < 4.78 is 24.8. The molecule has 5 nitrogen and oxygen atoms in total. The van der Waals surface area contributed by atoms with E-state index in [0.717, 1.165) is 11.3 Å². The molecule has 3 rings (SSSR count). The van der Waals surface area contributed by atoms with Gasteiger partial charge in [-0.25, -0.2) is 13.4 Å². The fourth-order valence-electron chi connectivity index (χ4n) is 2.52. The summed E-state index contributed by atoms with van der Waals surface area (Å²) in [5.41, 5.74) is 7.14. The van der Waals surface area contributed by atoms with E-state index in [9.17, 15) is 8.42 Å². The van der Waals surface area contributed by atoms with Crippen LogP contribution in [0.3, 0.4) is 0 Å². The van der Waals surface area contributed by atoms with Crippen LogP contribution in [0.4, 0.5) is 5.69 Å². The van der Waals surface area contributed by atoms with Crippen molar-refractivity contribution in [2.45, 2.75) is 18.8 Å². The first-order valence-electron chi connectivity index (χ1n) is 6.10. The SMILES string of the molecule is Nc1ccn2c(C3CCS(=O)(=O)CC3)nc(Cl)c2c1. The number of sulfone groups is 1. The van der Waals surface area contributed by atoms with Crippen molar-refractivity contribution < 1.29 is 8.42 Å². The van der Waals surface area contributed by atoms with E-state index in [2.05, 4.69) is 4.98 Å². The summed E-state index contributed by atoms with van der Waals surface area (Å²) in [6.45, 7) is 0. The lowest BCUT2D eigenvalue weighted by Gasteiger charge is -2.20. The predicted octanol–water partition coefficient (Wildman–Crippen LogP) is 1.86. The number of aromatic nitrogens is 2. The fraction of sp³-hybridized carbons (Fsp3) is 0.417. The quantitative estimate of drug-likeness (QED) is 0.872. The number of nitrogens with two attached hydrogens (primary N) is 1. The highest BCUT2D eigenvalue weighted by atomic mass is 35.5. The largest absolute Gasteiger partial charge is 0.399 e. The molecule has 2 aromatic rings. The van der Waals surface area contributed by atoms with Crippen molar-refractivity contribution in [3.8, 4) is 0 Å². The molecular weight excluding hydrogens is 286 g/mol. The van der Waals surface area contributed by atoms with Gasteiger partial charge >= 0.3 is 0 Å². The van der Waals surface area contributed by atoms with Crippen LogP contribution in [-0.2, 0) is 9.84 Å². The molecule has 1 aliphatic heterocycles. The first kappa shape index (κ1) is 12.7. The number of nitrogen functional groups attached to an aromatic ring is 1. The van der Waals surface area contributed by atoms with Crippen molar-refractivity contribution in [1.82, 2.24) is 9.38 Å². The summed E-state index contributed by atoms with van der Waals surface area (Å²) in [6, 6.07) is 3.56. The van der Waals surface area contributed by atoms with Gasteiger partial charge in [-0.1, -0.05) is 11.6 Å². The number of fused-ring (bicyclic) bond motifs is 1. The summed E-state index contributed by atoms with van der Waals surface area (Å²) in [5.74, 6) is 1.40. The monoisotopic (exact) mass is 299 g/mol. The number of anilines is 1. The molecule has 1 fully saturated rings. The van der Waals surface area contributed by atoms with E-state index in [4.69, 9.17) is 17.3 Å². The van der Waals surface area contributed by atoms with Gasteiger partial charge in [0, 0.05) is 17.8 Å². The zero-order valence-corrected chi connectivity index (χ0v) is 11.8. The molecule has 0 spiro atoms. The highest BCUT2D eigenvalue weighted by Crippen LogP contribution is 2.31. The Bertz CT molecular complexity index is 725. The summed E-state index contributed by atoms with van der Waals surface area (Å²) >= 11 is 6.12. The van der Waals surface area contributed by atoms with Gasteiger partial charge in [-0.3, -0.25) is 0 Å². The zero-order chi connectivity index (χ0) is 13.6. The third-order valence-corrected chi connectivity index (χ3v) is 5.56. The number of hydrogen-bond acceptors (Lipinski definition) is 4. The number of imidazole rings is 1. The van der Waals surface area contributed by atoms with Crippen molar-refractivity contribution in [3.05, 3.63) is 29.3 Å². The Hall–Kier alpha value is -1.27. The molecule has 0 amide bonds. The zero-order valence-electron chi connectivity index (χ0n) is 10.2. The van der Waals surface area contributed by atoms with Crippen molar-refractivity contribution in [2.75, 3.05) is 17.2 Å². The first-order chi connectivity index (χ1) is 8.96. The van der Waals surface area contributed by atoms with E-state index in [1.54, 1.807) is 12.1 Å². The predicted molar refractivity (Wildman–Crippen MR) is 75.2 cm³/mol. The van der Waals surface area contributed by atoms with Gasteiger partial charge in [0.05, 0.1) is 17.0 Å². The Morgan fingerprint density at radius 2 is 2.05 bits per heavy atom. The average Bonchev–Trinajstić information content (AvgIpc) is 2.67. The highest BCUT2D eigenvalue weighted by Gasteiger charge is 2.28. The topological polar surface area (TPSA) is 77.5 Å². The number of rotatable bonds is 1. The van der Waals surface area contributed by atoms with Crippen LogP contribution in [0.5, 0.6) is 0 Å². The lowest BCUT2D eigenvalue weighted by atomic mass is 10.0. The Morgan fingerprint density at radius 1 is 1.37 bits per heavy atom. The molecule has 0 aliphatic carbocycles. The standard InChI is InChI=1S/C12H14ClN3O2S/c13-11-10-7-9(14)1-4-16(10)12(15-11)8-2-5-19(17,18)6-3-8/h1,4,7-8H,2-3,5-6,14H2. The molecule has 0 saturated carbocycles. The van der Waals surface area contributed by atoms with Gasteiger partial charge in [0.1, 0.15) is 15.7 Å². The fourth-order valence-corrected chi connectivity index (χ4v) is 4.25. The molecule has 1 saturated heterocycles. The third kappa shape index (κ3) is 2.30. The van der Waals surface area contributed by atoms with Gasteiger partial charge in [0.15, 0.2) is 5.15 Å². The lowest BCUT2D eigenvalue weighted by Crippen LogP contribution is -2.23. The summed E-state index contributed by atoms with van der Waals surface area (Å²) in [4.78, 5) is 4.38. The van der Waals surface area contributed by atoms with E-state index < -0.39 is 9.84 Å². The maximum Gasteiger partial charge on any atom is 0.155 e. The van der Waals surface area contributed by atoms with E-state index in [0.29, 0.717) is 23.7 Å². The second kappa shape index (κ2) is 4.38. The number of hydrogen-bond donors (Lipinski definition) is 1. The molecule has 0 unspecified atom stereocenters. The Kier molecular flexibility index (Phi) is 2.94. The van der Waals surface area contributed by atoms with Crippen LogP contribution in [0.25, 0.3) is 5.52 Å². The smallest absolute Gasteiger partial charge is 0.155 e. The highest BCUT2D eigenvalue weighted by molar-refractivity contribution is 7.91. The minimum absolute atomic E-state index is 0.132. The maximum atomic E-state index is 11.5. The minimum Gasteiger partial charge on any atom is -0.399 e. The molecule has 3 heterocycles. The van der Waals surface area contributed by atoms with E-state index in [1.165, 1.54) is 0 Å². The van der Waals surface area contributed by atoms with Crippen molar-refractivity contribution in [1.29, 1.82) is 0 Å². The van der Waals surface area contributed by atoms with Crippen molar-refractivity contribution >= 4 is 32.6 Å². The maximum absolute atomic E-state index is 11.5. The molecule has 0 atom stereocenters. The molecule has 19 heavy (non-hydrogen) atoms. The minimum atomic E-state index is -2.87. The average molecular weight is 300 g/mol. The second-order valence-corrected chi connectivity index (χ2v) is 7.56. The van der Waals surface area contributed by atoms with Crippen molar-refractivity contribution in [2.24, 2.45) is 0 Å². The van der Waals surface area contributed by atoms with Crippen LogP contribution in [-0.4, -0.2) is 29.3 Å². The van der Waals surface area contributed by atoms with Gasteiger partial charge in [0.2, 0.25) is 0 Å². The molecule has 0 bridgehead atoms. The molecule has 7 heteroatoms. The first-order valence-corrected chi connectivity index (χ1v) is 8.29. The third-order valence-electron chi connectivity index (χ3n) is 3.57. The van der Waals surface area contributed by atoms with Crippen LogP contribution in [0.1, 0.15) is 24.6 Å². The van der Waals surface area contributed by atoms with Gasteiger partial charge in [-0.2, -0.15) is 0 Å². The Balaban J connectivity index is 2.02. The van der Waals surface area contributed by atoms with Gasteiger partial charge < -0.3 is 10.1 Å². The summed E-state index contributed by atoms with van der Waals surface area (Å²) in [5, 5.41) is 0.413. The van der Waals surface area contributed by atoms with Gasteiger partial charge in [-0.15, -0.1) is 0 Å². The number of nitrogens with zero attached hydrogens (tertiary/aromatic N) is 2. The molecular formula is C12H14ClN3O2S. The summed E-state index contributed by atoms with van der Waals surface area (Å²) in [6.07, 6.45) is 3.03. The van der Waals surface area contributed by atoms with E-state index in [-0.39, 0.29) is 17.4 Å². The molecule has 2 N–H and O–H groups in total. The summed E-state index contributed by atoms with van der Waals surface area (Å²) in [7, 11) is -2.87. The van der Waals surface area contributed by atoms with Crippen LogP contribution in [0, 0.1) is 0 Å². The van der Waals surface area contributed by atoms with Gasteiger partial charge in [0.25, 0.3) is 0 Å². The molecule has 1 aliphatic rings. The lowest BCUT2D eigenvalue weighted by molar-refractivity contribution is 0.536.